The summed E-state index contributed by atoms with van der Waals surface area (Å²) in [5.74, 6) is -0.223. The normalized spacial score (nSPS) is 19.8. The van der Waals surface area contributed by atoms with Crippen molar-refractivity contribution in [3.63, 3.8) is 0 Å². The third kappa shape index (κ3) is 7.38. The molecule has 2 aromatic carbocycles. The molecule has 1 fully saturated rings. The maximum absolute atomic E-state index is 14.2. The number of aromatic nitrogens is 2. The maximum atomic E-state index is 14.2. The van der Waals surface area contributed by atoms with Crippen LogP contribution in [0.15, 0.2) is 53.4 Å². The Morgan fingerprint density at radius 1 is 1.04 bits per heavy atom. The first-order chi connectivity index (χ1) is 21.1. The van der Waals surface area contributed by atoms with Crippen LogP contribution in [0.2, 0.25) is 0 Å². The second-order valence-electron chi connectivity index (χ2n) is 13.2. The van der Waals surface area contributed by atoms with E-state index in [9.17, 15) is 18.0 Å². The van der Waals surface area contributed by atoms with E-state index in [4.69, 9.17) is 9.47 Å². The molecule has 2 aliphatic rings. The Morgan fingerprint density at radius 2 is 1.73 bits per heavy atom. The van der Waals surface area contributed by atoms with Crippen molar-refractivity contribution in [2.75, 3.05) is 24.4 Å². The minimum absolute atomic E-state index is 0.0988. The topological polar surface area (TPSA) is 131 Å². The lowest BCUT2D eigenvalue weighted by molar-refractivity contribution is 0.0182. The van der Waals surface area contributed by atoms with Crippen molar-refractivity contribution in [2.45, 2.75) is 77.5 Å². The molecule has 1 N–H and O–H groups in total. The number of nitrogens with one attached hydrogen (secondary N) is 1. The highest BCUT2D eigenvalue weighted by Crippen LogP contribution is 2.31. The van der Waals surface area contributed by atoms with E-state index in [0.717, 1.165) is 16.7 Å². The molecule has 2 aliphatic heterocycles. The number of anilines is 1. The van der Waals surface area contributed by atoms with Gasteiger partial charge in [0, 0.05) is 23.7 Å². The zero-order chi connectivity index (χ0) is 32.7. The first-order valence-electron chi connectivity index (χ1n) is 15.1. The van der Waals surface area contributed by atoms with Crippen LogP contribution in [0, 0.1) is 19.8 Å². The van der Waals surface area contributed by atoms with Gasteiger partial charge in [-0.3, -0.25) is 4.79 Å². The Balaban J connectivity index is 1.69. The molecule has 1 aromatic heterocycles. The van der Waals surface area contributed by atoms with Gasteiger partial charge in [-0.15, -0.1) is 0 Å². The molecule has 240 valence electrons. The summed E-state index contributed by atoms with van der Waals surface area (Å²) in [6.07, 6.45) is -0.617. The fourth-order valence-corrected chi connectivity index (χ4v) is 6.82. The second-order valence-corrected chi connectivity index (χ2v) is 14.9. The van der Waals surface area contributed by atoms with Crippen molar-refractivity contribution in [2.24, 2.45) is 5.92 Å². The predicted octanol–water partition coefficient (Wildman–Crippen LogP) is 5.43. The number of hydrogen-bond acceptors (Lipinski definition) is 8. The molecule has 0 aliphatic carbocycles. The molecular weight excluding hydrogens is 594 g/mol. The van der Waals surface area contributed by atoms with E-state index < -0.39 is 27.8 Å². The summed E-state index contributed by atoms with van der Waals surface area (Å²) in [4.78, 5) is 39.9. The lowest BCUT2D eigenvalue weighted by atomic mass is 10.00. The largest absolute Gasteiger partial charge is 0.470 e. The van der Waals surface area contributed by atoms with Gasteiger partial charge in [0.2, 0.25) is 11.8 Å². The van der Waals surface area contributed by atoms with Gasteiger partial charge in [-0.2, -0.15) is 4.98 Å². The Labute approximate surface area is 265 Å². The van der Waals surface area contributed by atoms with E-state index in [0.29, 0.717) is 12.1 Å². The summed E-state index contributed by atoms with van der Waals surface area (Å²) in [5.41, 5.74) is 2.66. The van der Waals surface area contributed by atoms with Gasteiger partial charge in [0.25, 0.3) is 15.9 Å². The third-order valence-corrected chi connectivity index (χ3v) is 9.02. The fourth-order valence-electron chi connectivity index (χ4n) is 5.83. The molecule has 0 spiro atoms. The highest BCUT2D eigenvalue weighted by molar-refractivity contribution is 7.92. The number of amides is 2. The number of fused-ring (bicyclic) bond motifs is 6. The number of hydrogen-bond donors (Lipinski definition) is 1. The minimum atomic E-state index is -4.17. The lowest BCUT2D eigenvalue weighted by Crippen LogP contribution is -2.47. The minimum Gasteiger partial charge on any atom is -0.470 e. The van der Waals surface area contributed by atoms with Crippen LogP contribution in [0.25, 0.3) is 11.3 Å². The number of ether oxygens (including phenoxy) is 2. The number of carbonyl (C=O) groups excluding carboxylic acids is 2. The highest BCUT2D eigenvalue weighted by Gasteiger charge is 2.38. The monoisotopic (exact) mass is 635 g/mol. The number of benzene rings is 2. The maximum Gasteiger partial charge on any atom is 0.410 e. The van der Waals surface area contributed by atoms with Crippen LogP contribution in [0.1, 0.15) is 62.5 Å². The van der Waals surface area contributed by atoms with E-state index in [-0.39, 0.29) is 59.8 Å². The van der Waals surface area contributed by atoms with Gasteiger partial charge in [0.05, 0.1) is 29.7 Å². The lowest BCUT2D eigenvalue weighted by Gasteiger charge is -2.33. The average molecular weight is 636 g/mol. The van der Waals surface area contributed by atoms with E-state index in [2.05, 4.69) is 28.5 Å². The summed E-state index contributed by atoms with van der Waals surface area (Å²) < 4.78 is 41.9. The number of nitrogens with zero attached hydrogens (tertiary/aromatic N) is 4. The smallest absolute Gasteiger partial charge is 0.410 e. The van der Waals surface area contributed by atoms with Crippen molar-refractivity contribution in [3.8, 4) is 17.1 Å². The first-order valence-corrected chi connectivity index (χ1v) is 16.6. The standard InChI is InChI=1S/C33H41N5O6S/c1-20(2)14-24-17-37(32(40)44-33(5,6)7)18-25-19-38(24)30(39)23-12-9-13-26(15-23)45(41,42)36-31-34-27(16-28(35-31)43-25)29-21(3)10-8-11-22(29)4/h8-13,15-16,20,24-25H,14,17-19H2,1-7H3,(H,34,35,36)/t24-,25+/m1/s1. The van der Waals surface area contributed by atoms with Crippen LogP contribution >= 0.6 is 0 Å². The predicted molar refractivity (Wildman–Crippen MR) is 171 cm³/mol. The molecule has 3 heterocycles. The van der Waals surface area contributed by atoms with E-state index in [1.807, 2.05) is 52.8 Å². The molecular formula is C33H41N5O6S. The third-order valence-electron chi connectivity index (χ3n) is 7.70. The van der Waals surface area contributed by atoms with Crippen molar-refractivity contribution in [1.29, 1.82) is 0 Å². The van der Waals surface area contributed by atoms with E-state index in [1.54, 1.807) is 21.9 Å². The molecule has 11 nitrogen and oxygen atoms in total. The van der Waals surface area contributed by atoms with E-state index in [1.165, 1.54) is 18.2 Å². The molecule has 0 radical (unpaired) electrons. The quantitative estimate of drug-likeness (QED) is 0.403. The van der Waals surface area contributed by atoms with Crippen LogP contribution in [-0.4, -0.2) is 77.6 Å². The fraction of sp³-hybridized carbons (Fsp3) is 0.455. The molecule has 45 heavy (non-hydrogen) atoms. The summed E-state index contributed by atoms with van der Waals surface area (Å²) in [7, 11) is -4.17. The van der Waals surface area contributed by atoms with Gasteiger partial charge in [0.15, 0.2) is 0 Å². The summed E-state index contributed by atoms with van der Waals surface area (Å²) >= 11 is 0. The SMILES string of the molecule is Cc1cccc(C)c1-c1cc2nc(n1)NS(=O)(=O)c1cccc(c1)C(=O)N1C[C@H](CN(C(=O)OC(C)(C)C)C[C@H]1CC(C)C)O2. The first kappa shape index (κ1) is 32.2. The number of carbonyl (C=O) groups is 2. The van der Waals surface area contributed by atoms with Crippen molar-refractivity contribution >= 4 is 28.0 Å². The zero-order valence-corrected chi connectivity index (χ0v) is 27.6. The van der Waals surface area contributed by atoms with Crippen molar-refractivity contribution in [1.82, 2.24) is 19.8 Å². The van der Waals surface area contributed by atoms with Gasteiger partial charge in [-0.1, -0.05) is 38.1 Å². The van der Waals surface area contributed by atoms with Gasteiger partial charge < -0.3 is 19.3 Å². The van der Waals surface area contributed by atoms with Gasteiger partial charge in [-0.25, -0.2) is 22.9 Å². The van der Waals surface area contributed by atoms with Crippen molar-refractivity contribution < 1.29 is 27.5 Å². The Morgan fingerprint density at radius 3 is 2.40 bits per heavy atom. The summed E-state index contributed by atoms with van der Waals surface area (Å²) in [6, 6.07) is 13.0. The van der Waals surface area contributed by atoms with Gasteiger partial charge >= 0.3 is 6.09 Å². The average Bonchev–Trinajstić information content (AvgIpc) is 3.10. The molecule has 0 saturated carbocycles. The molecule has 12 heteroatoms. The molecule has 0 unspecified atom stereocenters. The molecule has 2 atom stereocenters. The van der Waals surface area contributed by atoms with Crippen LogP contribution < -0.4 is 9.46 Å². The number of sulfonamides is 1. The van der Waals surface area contributed by atoms with Crippen LogP contribution in [0.4, 0.5) is 10.7 Å². The Bertz CT molecular complexity index is 1700. The molecule has 6 bridgehead atoms. The second kappa shape index (κ2) is 12.3. The number of rotatable bonds is 3. The Kier molecular flexibility index (Phi) is 8.81. The molecule has 5 rings (SSSR count). The molecule has 3 aromatic rings. The summed E-state index contributed by atoms with van der Waals surface area (Å²) in [6.45, 7) is 13.9. The van der Waals surface area contributed by atoms with Crippen LogP contribution in [-0.2, 0) is 14.8 Å². The van der Waals surface area contributed by atoms with Crippen LogP contribution in [0.3, 0.4) is 0 Å². The molecule has 1 saturated heterocycles. The zero-order valence-electron chi connectivity index (χ0n) is 26.8. The van der Waals surface area contributed by atoms with Gasteiger partial charge in [0.1, 0.15) is 11.7 Å². The Hall–Kier alpha value is -4.19. The molecule has 2 amide bonds. The van der Waals surface area contributed by atoms with Crippen LogP contribution in [0.5, 0.6) is 5.88 Å². The number of aryl methyl sites for hydroxylation is 2. The van der Waals surface area contributed by atoms with Gasteiger partial charge in [-0.05, 0) is 76.3 Å². The summed E-state index contributed by atoms with van der Waals surface area (Å²) in [5, 5.41) is 0. The highest BCUT2D eigenvalue weighted by atomic mass is 32.2. The van der Waals surface area contributed by atoms with Crippen molar-refractivity contribution in [3.05, 3.63) is 65.2 Å². The van der Waals surface area contributed by atoms with E-state index >= 15 is 0 Å².